The number of hydrogen-bond acceptors (Lipinski definition) is 5. The van der Waals surface area contributed by atoms with Crippen LogP contribution in [-0.2, 0) is 26.2 Å². The maximum absolute atomic E-state index is 12.6. The van der Waals surface area contributed by atoms with Crippen molar-refractivity contribution in [1.29, 1.82) is 0 Å². The molecular weight excluding hydrogens is 502 g/mol. The fraction of sp³-hybridized carbons (Fsp3) is 0.727. The summed E-state index contributed by atoms with van der Waals surface area (Å²) in [6.45, 7) is 13.7. The molecule has 0 aliphatic heterocycles. The number of amides is 2. The van der Waals surface area contributed by atoms with Gasteiger partial charge in [-0.05, 0) is 102 Å². The number of ether oxygens (including phenoxy) is 1. The van der Waals surface area contributed by atoms with E-state index in [1.165, 1.54) is 48.8 Å². The minimum absolute atomic E-state index is 0.150. The zero-order chi connectivity index (χ0) is 29.3. The first kappa shape index (κ1) is 30.5. The van der Waals surface area contributed by atoms with Gasteiger partial charge >= 0.3 is 5.97 Å². The van der Waals surface area contributed by atoms with Gasteiger partial charge in [-0.25, -0.2) is 4.79 Å². The van der Waals surface area contributed by atoms with E-state index in [2.05, 4.69) is 58.2 Å². The maximum atomic E-state index is 12.6. The molecule has 0 bridgehead atoms. The Bertz CT molecular complexity index is 1130. The number of nitrogens with two attached hydrogens (primary N) is 1. The molecule has 1 unspecified atom stereocenters. The van der Waals surface area contributed by atoms with Crippen molar-refractivity contribution in [3.63, 3.8) is 0 Å². The van der Waals surface area contributed by atoms with E-state index in [-0.39, 0.29) is 24.4 Å². The largest absolute Gasteiger partial charge is 0.425 e. The Balaban J connectivity index is 1.34. The molecule has 0 radical (unpaired) electrons. The van der Waals surface area contributed by atoms with E-state index in [9.17, 15) is 14.4 Å². The van der Waals surface area contributed by atoms with Gasteiger partial charge in [0.25, 0.3) is 0 Å². The van der Waals surface area contributed by atoms with Crippen LogP contribution >= 0.6 is 0 Å². The first-order chi connectivity index (χ1) is 18.8. The molecule has 3 aliphatic rings. The van der Waals surface area contributed by atoms with E-state index in [1.807, 2.05) is 6.07 Å². The molecule has 7 nitrogen and oxygen atoms in total. The zero-order valence-electron chi connectivity index (χ0n) is 25.6. The van der Waals surface area contributed by atoms with Crippen LogP contribution in [0.15, 0.2) is 12.1 Å². The third-order valence-electron chi connectivity index (χ3n) is 10.7. The minimum atomic E-state index is -0.628. The molecule has 40 heavy (non-hydrogen) atoms. The summed E-state index contributed by atoms with van der Waals surface area (Å²) < 4.78 is 5.68. The molecular formula is C33H51N3O4. The van der Waals surface area contributed by atoms with Crippen molar-refractivity contribution in [3.05, 3.63) is 28.8 Å². The molecule has 0 heterocycles. The second-order valence-electron chi connectivity index (χ2n) is 14.0. The standard InChI is InChI=1S/C33H51N3O4/c1-7-8-9-11-24(34)30(39)36-19-27(37)35-20-28(38)40-23-16-21(2)29-22(17-23)18-26-32(5)14-10-13-31(3,4)25(32)12-15-33(26,29)6/h16-17,24-26H,7-15,18-20,34H2,1-6H3,(H,35,37)(H,36,39)/t24?,25-,26+,32-,33+/m0/s1. The van der Waals surface area contributed by atoms with Crippen LogP contribution in [0, 0.1) is 29.6 Å². The van der Waals surface area contributed by atoms with Crippen molar-refractivity contribution in [3.8, 4) is 5.75 Å². The zero-order valence-corrected chi connectivity index (χ0v) is 25.6. The van der Waals surface area contributed by atoms with E-state index >= 15 is 0 Å². The molecule has 2 amide bonds. The van der Waals surface area contributed by atoms with Crippen molar-refractivity contribution >= 4 is 17.8 Å². The average molecular weight is 554 g/mol. The highest BCUT2D eigenvalue weighted by atomic mass is 16.5. The van der Waals surface area contributed by atoms with Crippen LogP contribution in [0.2, 0.25) is 0 Å². The number of fused-ring (bicyclic) bond motifs is 5. The van der Waals surface area contributed by atoms with E-state index in [0.717, 1.165) is 31.6 Å². The Morgan fingerprint density at radius 1 is 1.02 bits per heavy atom. The molecule has 5 atom stereocenters. The molecule has 0 saturated heterocycles. The SMILES string of the molecule is CCCCCC(N)C(=O)NCC(=O)NCC(=O)Oc1cc(C)c2c(c1)C[C@@H]1[C@@]3(C)CCCC(C)(C)[C@@H]3CC[C@@]21C. The lowest BCUT2D eigenvalue weighted by atomic mass is 9.43. The summed E-state index contributed by atoms with van der Waals surface area (Å²) in [4.78, 5) is 36.9. The topological polar surface area (TPSA) is 111 Å². The number of nitrogens with one attached hydrogen (secondary N) is 2. The van der Waals surface area contributed by atoms with Gasteiger partial charge in [0.15, 0.2) is 0 Å². The third-order valence-corrected chi connectivity index (χ3v) is 10.7. The van der Waals surface area contributed by atoms with Crippen molar-refractivity contribution in [1.82, 2.24) is 10.6 Å². The summed E-state index contributed by atoms with van der Waals surface area (Å²) in [5.74, 6) is 0.531. The van der Waals surface area contributed by atoms with Crippen molar-refractivity contribution in [2.75, 3.05) is 13.1 Å². The average Bonchev–Trinajstić information content (AvgIpc) is 3.19. The quantitative estimate of drug-likeness (QED) is 0.212. The Morgan fingerprint density at radius 2 is 1.77 bits per heavy atom. The van der Waals surface area contributed by atoms with Gasteiger partial charge < -0.3 is 21.1 Å². The Hall–Kier alpha value is -2.41. The van der Waals surface area contributed by atoms with Gasteiger partial charge in [0.1, 0.15) is 12.3 Å². The predicted molar refractivity (Wildman–Crippen MR) is 158 cm³/mol. The van der Waals surface area contributed by atoms with Gasteiger partial charge in [-0.1, -0.05) is 60.3 Å². The molecule has 2 fully saturated rings. The molecule has 222 valence electrons. The lowest BCUT2D eigenvalue weighted by Gasteiger charge is -2.61. The van der Waals surface area contributed by atoms with Crippen molar-refractivity contribution in [2.24, 2.45) is 28.4 Å². The van der Waals surface area contributed by atoms with E-state index in [1.54, 1.807) is 0 Å². The maximum Gasteiger partial charge on any atom is 0.330 e. The predicted octanol–water partition coefficient (Wildman–Crippen LogP) is 5.10. The highest BCUT2D eigenvalue weighted by molar-refractivity contribution is 5.89. The number of unbranched alkanes of at least 4 members (excludes halogenated alkanes) is 2. The van der Waals surface area contributed by atoms with E-state index in [4.69, 9.17) is 10.5 Å². The highest BCUT2D eigenvalue weighted by Gasteiger charge is 2.61. The normalized spacial score (nSPS) is 29.0. The van der Waals surface area contributed by atoms with Crippen molar-refractivity contribution in [2.45, 2.75) is 117 Å². The molecule has 1 aromatic rings. The van der Waals surface area contributed by atoms with Crippen LogP contribution in [0.3, 0.4) is 0 Å². The number of esters is 1. The molecule has 0 spiro atoms. The number of rotatable bonds is 10. The van der Waals surface area contributed by atoms with E-state index in [0.29, 0.717) is 28.9 Å². The third kappa shape index (κ3) is 5.95. The fourth-order valence-corrected chi connectivity index (χ4v) is 8.93. The summed E-state index contributed by atoms with van der Waals surface area (Å²) in [5.41, 5.74) is 10.7. The Kier molecular flexibility index (Phi) is 9.03. The highest BCUT2D eigenvalue weighted by Crippen LogP contribution is 2.67. The molecule has 1 aromatic carbocycles. The summed E-state index contributed by atoms with van der Waals surface area (Å²) in [5, 5.41) is 5.08. The lowest BCUT2D eigenvalue weighted by Crippen LogP contribution is -2.55. The summed E-state index contributed by atoms with van der Waals surface area (Å²) in [6.07, 6.45) is 11.0. The monoisotopic (exact) mass is 553 g/mol. The van der Waals surface area contributed by atoms with Gasteiger partial charge in [-0.2, -0.15) is 0 Å². The van der Waals surface area contributed by atoms with Gasteiger partial charge in [0, 0.05) is 0 Å². The molecule has 4 rings (SSSR count). The summed E-state index contributed by atoms with van der Waals surface area (Å²) in [6, 6.07) is 3.40. The van der Waals surface area contributed by atoms with Gasteiger partial charge in [0.2, 0.25) is 11.8 Å². The second-order valence-corrected chi connectivity index (χ2v) is 14.0. The minimum Gasteiger partial charge on any atom is -0.425 e. The number of carbonyl (C=O) groups excluding carboxylic acids is 3. The van der Waals surface area contributed by atoms with Crippen LogP contribution in [0.4, 0.5) is 0 Å². The number of benzene rings is 1. The molecule has 3 aliphatic carbocycles. The summed E-state index contributed by atoms with van der Waals surface area (Å²) >= 11 is 0. The molecule has 2 saturated carbocycles. The first-order valence-electron chi connectivity index (χ1n) is 15.5. The van der Waals surface area contributed by atoms with Gasteiger partial charge in [-0.3, -0.25) is 9.59 Å². The second kappa shape index (κ2) is 11.8. The summed E-state index contributed by atoms with van der Waals surface area (Å²) in [7, 11) is 0. The van der Waals surface area contributed by atoms with Crippen LogP contribution in [-0.4, -0.2) is 36.9 Å². The van der Waals surface area contributed by atoms with E-state index < -0.39 is 17.9 Å². The van der Waals surface area contributed by atoms with Crippen LogP contribution < -0.4 is 21.1 Å². The number of hydrogen-bond donors (Lipinski definition) is 3. The first-order valence-corrected chi connectivity index (χ1v) is 15.5. The van der Waals surface area contributed by atoms with Gasteiger partial charge in [0.05, 0.1) is 12.6 Å². The number of aryl methyl sites for hydroxylation is 1. The van der Waals surface area contributed by atoms with Crippen LogP contribution in [0.1, 0.15) is 109 Å². The van der Waals surface area contributed by atoms with Crippen LogP contribution in [0.5, 0.6) is 5.75 Å². The molecule has 7 heteroatoms. The van der Waals surface area contributed by atoms with Crippen molar-refractivity contribution < 1.29 is 19.1 Å². The fourth-order valence-electron chi connectivity index (χ4n) is 8.93. The van der Waals surface area contributed by atoms with Gasteiger partial charge in [-0.15, -0.1) is 0 Å². The Morgan fingerprint density at radius 3 is 2.50 bits per heavy atom. The Labute approximate surface area is 240 Å². The molecule has 4 N–H and O–H groups in total. The number of carbonyl (C=O) groups is 3. The molecule has 0 aromatic heterocycles. The van der Waals surface area contributed by atoms with Crippen LogP contribution in [0.25, 0.3) is 0 Å². The smallest absolute Gasteiger partial charge is 0.330 e. The lowest BCUT2D eigenvalue weighted by molar-refractivity contribution is -0.135.